The van der Waals surface area contributed by atoms with Crippen molar-refractivity contribution in [1.82, 2.24) is 0 Å². The van der Waals surface area contributed by atoms with Crippen LogP contribution in [0.25, 0.3) is 0 Å². The van der Waals surface area contributed by atoms with Crippen LogP contribution in [-0.2, 0) is 37.4 Å². The molecule has 1 aliphatic rings. The molecule has 4 atom stereocenters. The van der Waals surface area contributed by atoms with Crippen molar-refractivity contribution in [3.8, 4) is 0 Å². The molecule has 0 aromatic rings. The van der Waals surface area contributed by atoms with Crippen LogP contribution >= 0.6 is 7.82 Å². The van der Waals surface area contributed by atoms with Gasteiger partial charge in [0.15, 0.2) is 6.10 Å². The van der Waals surface area contributed by atoms with E-state index in [2.05, 4.69) is 50.3 Å². The van der Waals surface area contributed by atoms with E-state index in [0.717, 1.165) is 44.9 Å². The number of unbranched alkanes of at least 4 members (excludes halogenated alkanes) is 24. The van der Waals surface area contributed by atoms with Gasteiger partial charge in [0.1, 0.15) is 19.8 Å². The number of hydrogen-bond donors (Lipinski definition) is 1. The topological polar surface area (TPSA) is 121 Å². The Morgan fingerprint density at radius 2 is 1.02 bits per heavy atom. The molecule has 1 aliphatic heterocycles. The van der Waals surface area contributed by atoms with E-state index >= 15 is 0 Å². The fourth-order valence-corrected chi connectivity index (χ4v) is 8.14. The van der Waals surface area contributed by atoms with Crippen molar-refractivity contribution in [2.75, 3.05) is 47.5 Å². The number of nitrogens with zero attached hydrogens (tertiary/aromatic N) is 1. The Bertz CT molecular complexity index is 1230. The largest absolute Gasteiger partial charge is 0.472 e. The third kappa shape index (κ3) is 41.4. The Hall–Kier alpha value is -1.81. The van der Waals surface area contributed by atoms with E-state index in [1.807, 2.05) is 21.1 Å². The highest BCUT2D eigenvalue weighted by Gasteiger charge is 2.36. The Balaban J connectivity index is 2.24. The van der Waals surface area contributed by atoms with Crippen molar-refractivity contribution in [3.63, 3.8) is 0 Å². The van der Waals surface area contributed by atoms with Gasteiger partial charge in [-0.3, -0.25) is 18.6 Å². The number of likely N-dealkylation sites (N-methyl/N-ethyl adjacent to an activating group) is 1. The highest BCUT2D eigenvalue weighted by atomic mass is 31.2. The van der Waals surface area contributed by atoms with Crippen LogP contribution < -0.4 is 0 Å². The Morgan fingerprint density at radius 1 is 0.571 bits per heavy atom. The van der Waals surface area contributed by atoms with Crippen LogP contribution in [0, 0.1) is 0 Å². The number of ether oxygens (including phenoxy) is 3. The van der Waals surface area contributed by atoms with Gasteiger partial charge in [-0.15, -0.1) is 0 Å². The first kappa shape index (κ1) is 59.2. The van der Waals surface area contributed by atoms with Gasteiger partial charge in [-0.2, -0.15) is 0 Å². The number of allylic oxidation sites excluding steroid dienone is 4. The van der Waals surface area contributed by atoms with Gasteiger partial charge in [0.25, 0.3) is 0 Å². The average Bonchev–Trinajstić information content (AvgIpc) is 4.00. The third-order valence-electron chi connectivity index (χ3n) is 11.6. The molecule has 0 radical (unpaired) electrons. The molecular formula is C52H97NO9P+. The Morgan fingerprint density at radius 3 is 1.56 bits per heavy atom. The quantitative estimate of drug-likeness (QED) is 0.0159. The van der Waals surface area contributed by atoms with Crippen molar-refractivity contribution in [1.29, 1.82) is 0 Å². The molecule has 368 valence electrons. The third-order valence-corrected chi connectivity index (χ3v) is 12.6. The molecule has 0 bridgehead atoms. The maximum absolute atomic E-state index is 12.8. The van der Waals surface area contributed by atoms with Crippen LogP contribution in [0.1, 0.15) is 219 Å². The highest BCUT2D eigenvalue weighted by Crippen LogP contribution is 2.43. The molecule has 1 rings (SSSR count). The zero-order chi connectivity index (χ0) is 46.1. The van der Waals surface area contributed by atoms with Crippen LogP contribution in [0.3, 0.4) is 0 Å². The van der Waals surface area contributed by atoms with Crippen molar-refractivity contribution >= 4 is 19.8 Å². The van der Waals surface area contributed by atoms with Gasteiger partial charge in [0.05, 0.1) is 40.0 Å². The monoisotopic (exact) mass is 911 g/mol. The van der Waals surface area contributed by atoms with Crippen LogP contribution in [0.4, 0.5) is 0 Å². The van der Waals surface area contributed by atoms with E-state index in [0.29, 0.717) is 23.9 Å². The van der Waals surface area contributed by atoms with E-state index in [1.54, 1.807) is 0 Å². The summed E-state index contributed by atoms with van der Waals surface area (Å²) >= 11 is 0. The first-order valence-electron chi connectivity index (χ1n) is 25.8. The molecule has 1 N–H and O–H groups in total. The van der Waals surface area contributed by atoms with E-state index < -0.39 is 26.5 Å². The minimum absolute atomic E-state index is 0.0193. The Kier molecular flexibility index (Phi) is 38.0. The average molecular weight is 911 g/mol. The molecule has 0 amide bonds. The molecule has 0 aromatic heterocycles. The van der Waals surface area contributed by atoms with Gasteiger partial charge in [-0.1, -0.05) is 192 Å². The molecular weight excluding hydrogens is 814 g/mol. The van der Waals surface area contributed by atoms with E-state index in [9.17, 15) is 19.0 Å². The van der Waals surface area contributed by atoms with Gasteiger partial charge >= 0.3 is 19.8 Å². The summed E-state index contributed by atoms with van der Waals surface area (Å²) in [5.74, 6) is -0.863. The fraction of sp³-hybridized carbons (Fsp3) is 0.846. The van der Waals surface area contributed by atoms with E-state index in [-0.39, 0.29) is 44.2 Å². The minimum Gasteiger partial charge on any atom is -0.462 e. The molecule has 1 fully saturated rings. The van der Waals surface area contributed by atoms with Crippen LogP contribution in [0.2, 0.25) is 0 Å². The number of carbonyl (C=O) groups is 2. The number of esters is 2. The van der Waals surface area contributed by atoms with E-state index in [1.165, 1.54) is 135 Å². The number of rotatable bonds is 46. The summed E-state index contributed by atoms with van der Waals surface area (Å²) in [6.07, 6.45) is 49.4. The zero-order valence-corrected chi connectivity index (χ0v) is 42.2. The predicted molar refractivity (Wildman–Crippen MR) is 261 cm³/mol. The fourth-order valence-electron chi connectivity index (χ4n) is 7.40. The number of carbonyl (C=O) groups excluding carboxylic acids is 2. The smallest absolute Gasteiger partial charge is 0.462 e. The predicted octanol–water partition coefficient (Wildman–Crippen LogP) is 14.2. The standard InChI is InChI=1S/C52H96NO9P/c1-6-8-10-12-14-16-17-18-19-20-21-22-23-24-25-26-27-29-31-33-38-42-51(54)58-46-48(47-60-63(56,57)59-45-44-53(3,4)5)61-52(55)43-39-35-34-37-41-50-49(62-50)40-36-32-30-28-15-13-11-9-7-2/h15,28,32,34,36-37,48-50H,6-14,16-27,29-31,33,35,38-47H2,1-5H3/p+1/b28-15-,36-32-,37-34-/t48-,49?,50?/m1/s1. The molecule has 10 nitrogen and oxygen atoms in total. The molecule has 11 heteroatoms. The maximum Gasteiger partial charge on any atom is 0.472 e. The summed E-state index contributed by atoms with van der Waals surface area (Å²) in [5, 5.41) is 0. The molecule has 0 aliphatic carbocycles. The number of phosphoric acid groups is 1. The number of quaternary nitrogens is 1. The molecule has 0 saturated carbocycles. The van der Waals surface area contributed by atoms with Gasteiger partial charge in [0, 0.05) is 12.8 Å². The Labute approximate surface area is 386 Å². The lowest BCUT2D eigenvalue weighted by Crippen LogP contribution is -2.37. The first-order valence-corrected chi connectivity index (χ1v) is 27.3. The summed E-state index contributed by atoms with van der Waals surface area (Å²) in [5.41, 5.74) is 0. The van der Waals surface area contributed by atoms with Crippen molar-refractivity contribution in [2.24, 2.45) is 0 Å². The molecule has 0 aromatic carbocycles. The van der Waals surface area contributed by atoms with Gasteiger partial charge in [0.2, 0.25) is 0 Å². The molecule has 0 spiro atoms. The second kappa shape index (κ2) is 40.5. The summed E-state index contributed by atoms with van der Waals surface area (Å²) in [6.45, 7) is 4.35. The van der Waals surface area contributed by atoms with Gasteiger partial charge in [-0.05, 0) is 51.4 Å². The normalized spacial score (nSPS) is 16.9. The zero-order valence-electron chi connectivity index (χ0n) is 41.3. The van der Waals surface area contributed by atoms with Crippen molar-refractivity contribution < 1.29 is 46.8 Å². The molecule has 1 saturated heterocycles. The van der Waals surface area contributed by atoms with Gasteiger partial charge in [-0.25, -0.2) is 4.57 Å². The van der Waals surface area contributed by atoms with Gasteiger partial charge < -0.3 is 23.6 Å². The first-order chi connectivity index (χ1) is 30.5. The summed E-state index contributed by atoms with van der Waals surface area (Å²) in [7, 11) is 1.44. The highest BCUT2D eigenvalue weighted by molar-refractivity contribution is 7.47. The van der Waals surface area contributed by atoms with E-state index in [4.69, 9.17) is 23.3 Å². The number of epoxide rings is 1. The van der Waals surface area contributed by atoms with Crippen molar-refractivity contribution in [2.45, 2.75) is 238 Å². The second-order valence-corrected chi connectivity index (χ2v) is 20.4. The van der Waals surface area contributed by atoms with Crippen molar-refractivity contribution in [3.05, 3.63) is 36.5 Å². The van der Waals surface area contributed by atoms with Crippen LogP contribution in [0.15, 0.2) is 36.5 Å². The van der Waals surface area contributed by atoms with Crippen LogP contribution in [-0.4, -0.2) is 87.1 Å². The lowest BCUT2D eigenvalue weighted by molar-refractivity contribution is -0.870. The second-order valence-electron chi connectivity index (χ2n) is 18.9. The molecule has 63 heavy (non-hydrogen) atoms. The maximum atomic E-state index is 12.8. The lowest BCUT2D eigenvalue weighted by atomic mass is 10.0. The van der Waals surface area contributed by atoms with Crippen LogP contribution in [0.5, 0.6) is 0 Å². The molecule has 3 unspecified atom stereocenters. The molecule has 1 heterocycles. The number of phosphoric ester groups is 1. The minimum atomic E-state index is -4.40. The number of hydrogen-bond acceptors (Lipinski definition) is 8. The summed E-state index contributed by atoms with van der Waals surface area (Å²) in [4.78, 5) is 35.6. The summed E-state index contributed by atoms with van der Waals surface area (Å²) in [6, 6.07) is 0. The lowest BCUT2D eigenvalue weighted by Gasteiger charge is -2.24. The SMILES string of the molecule is CCCCC/C=C\C/C=C\CC1OC1C/C=C\CCCC(=O)O[C@H](COC(=O)CCCCCCCCCCCCCCCCCCCCCCC)COP(=O)(O)OCC[N+](C)(C)C. The summed E-state index contributed by atoms with van der Waals surface area (Å²) < 4.78 is 40.2.